The van der Waals surface area contributed by atoms with Crippen LogP contribution in [0.15, 0.2) is 91.4 Å². The van der Waals surface area contributed by atoms with Gasteiger partial charge >= 0.3 is 6.09 Å². The minimum atomic E-state index is -0.496. The smallest absolute Gasteiger partial charge is 0.410 e. The first kappa shape index (κ1) is 28.6. The molecule has 6 aromatic rings. The number of benzene rings is 3. The largest absolute Gasteiger partial charge is 0.444 e. The van der Waals surface area contributed by atoms with Gasteiger partial charge in [0.05, 0.1) is 17.8 Å². The van der Waals surface area contributed by atoms with Gasteiger partial charge in [-0.1, -0.05) is 60.7 Å². The molecule has 0 spiro atoms. The Balaban J connectivity index is 1.18. The molecule has 1 aliphatic heterocycles. The molecule has 0 radical (unpaired) electrons. The fraction of sp³-hybridized carbons (Fsp3) is 0.278. The van der Waals surface area contributed by atoms with Gasteiger partial charge < -0.3 is 15.4 Å². The number of carbonyl (C=O) groups excluding carboxylic acids is 1. The van der Waals surface area contributed by atoms with Gasteiger partial charge in [-0.05, 0) is 74.4 Å². The molecule has 1 fully saturated rings. The van der Waals surface area contributed by atoms with Gasteiger partial charge in [0.25, 0.3) is 0 Å². The highest BCUT2D eigenvalue weighted by Gasteiger charge is 2.28. The van der Waals surface area contributed by atoms with Crippen LogP contribution in [-0.4, -0.2) is 54.1 Å². The number of fused-ring (bicyclic) bond motifs is 2. The fourth-order valence-electron chi connectivity index (χ4n) is 6.25. The summed E-state index contributed by atoms with van der Waals surface area (Å²) in [4.78, 5) is 18.7. The standard InChI is InChI=1S/C36H37N7O2/c1-36(2,3)45-35(44)41-16-14-25(15-17-41)26-10-7-11-28(18-26)32-20-30(33-34(37)38-23-39-43(32)33)27-12-13-29-22-42(40-31(29)19-27)21-24-8-5-4-6-9-24/h4-13,18-20,22-23,25H,14-17,21H2,1-3H3,(H2,37,38,39). The van der Waals surface area contributed by atoms with E-state index in [2.05, 4.69) is 76.9 Å². The topological polar surface area (TPSA) is 104 Å². The number of piperidine rings is 1. The Hall–Kier alpha value is -5.18. The minimum Gasteiger partial charge on any atom is -0.444 e. The number of nitrogens with zero attached hydrogens (tertiary/aromatic N) is 6. The summed E-state index contributed by atoms with van der Waals surface area (Å²) in [5.74, 6) is 0.772. The van der Waals surface area contributed by atoms with E-state index >= 15 is 0 Å². The number of hydrogen-bond donors (Lipinski definition) is 1. The second kappa shape index (κ2) is 11.4. The molecule has 1 aliphatic rings. The Morgan fingerprint density at radius 1 is 0.956 bits per heavy atom. The third-order valence-corrected chi connectivity index (χ3v) is 8.44. The summed E-state index contributed by atoms with van der Waals surface area (Å²) in [6.45, 7) is 7.76. The Kier molecular flexibility index (Phi) is 7.23. The van der Waals surface area contributed by atoms with E-state index in [-0.39, 0.29) is 6.09 Å². The van der Waals surface area contributed by atoms with E-state index in [4.69, 9.17) is 15.6 Å². The van der Waals surface area contributed by atoms with Gasteiger partial charge in [-0.2, -0.15) is 10.2 Å². The third kappa shape index (κ3) is 5.85. The van der Waals surface area contributed by atoms with E-state index < -0.39 is 5.60 Å². The first-order valence-corrected chi connectivity index (χ1v) is 15.4. The lowest BCUT2D eigenvalue weighted by atomic mass is 9.88. The van der Waals surface area contributed by atoms with Crippen molar-refractivity contribution in [3.63, 3.8) is 0 Å². The third-order valence-electron chi connectivity index (χ3n) is 8.44. The maximum Gasteiger partial charge on any atom is 0.410 e. The lowest BCUT2D eigenvalue weighted by molar-refractivity contribution is 0.0205. The highest BCUT2D eigenvalue weighted by molar-refractivity contribution is 5.95. The second-order valence-electron chi connectivity index (χ2n) is 12.8. The average molecular weight is 600 g/mol. The zero-order valence-corrected chi connectivity index (χ0v) is 25.9. The number of rotatable bonds is 5. The molecular weight excluding hydrogens is 562 g/mol. The number of aromatic nitrogens is 5. The number of nitrogen functional groups attached to an aromatic ring is 1. The van der Waals surface area contributed by atoms with Crippen molar-refractivity contribution in [3.8, 4) is 22.4 Å². The molecule has 9 heteroatoms. The van der Waals surface area contributed by atoms with E-state index in [1.807, 2.05) is 53.1 Å². The van der Waals surface area contributed by atoms with Crippen molar-refractivity contribution in [1.82, 2.24) is 29.3 Å². The Bertz CT molecular complexity index is 2000. The van der Waals surface area contributed by atoms with Crippen LogP contribution in [0.25, 0.3) is 38.8 Å². The quantitative estimate of drug-likeness (QED) is 0.226. The monoisotopic (exact) mass is 599 g/mol. The second-order valence-corrected chi connectivity index (χ2v) is 12.8. The number of carbonyl (C=O) groups is 1. The predicted octanol–water partition coefficient (Wildman–Crippen LogP) is 7.16. The molecule has 0 atom stereocenters. The average Bonchev–Trinajstić information content (AvgIpc) is 3.62. The van der Waals surface area contributed by atoms with Gasteiger partial charge in [0.1, 0.15) is 17.4 Å². The van der Waals surface area contributed by atoms with Gasteiger partial charge in [-0.15, -0.1) is 0 Å². The van der Waals surface area contributed by atoms with Crippen LogP contribution in [0.5, 0.6) is 0 Å². The van der Waals surface area contributed by atoms with Crippen molar-refractivity contribution in [1.29, 1.82) is 0 Å². The minimum absolute atomic E-state index is 0.236. The molecule has 0 aliphatic carbocycles. The highest BCUT2D eigenvalue weighted by Crippen LogP contribution is 2.37. The number of anilines is 1. The van der Waals surface area contributed by atoms with Crippen molar-refractivity contribution in [2.45, 2.75) is 51.7 Å². The zero-order valence-electron chi connectivity index (χ0n) is 25.9. The zero-order chi connectivity index (χ0) is 31.1. The maximum absolute atomic E-state index is 12.6. The fourth-order valence-corrected chi connectivity index (χ4v) is 6.25. The van der Waals surface area contributed by atoms with Crippen LogP contribution in [0.3, 0.4) is 0 Å². The summed E-state index contributed by atoms with van der Waals surface area (Å²) >= 11 is 0. The number of amides is 1. The molecule has 228 valence electrons. The molecule has 1 saturated heterocycles. The van der Waals surface area contributed by atoms with E-state index in [0.29, 0.717) is 31.4 Å². The molecule has 3 aromatic carbocycles. The molecule has 1 amide bonds. The van der Waals surface area contributed by atoms with Gasteiger partial charge in [0.2, 0.25) is 0 Å². The highest BCUT2D eigenvalue weighted by atomic mass is 16.6. The molecule has 2 N–H and O–H groups in total. The van der Waals surface area contributed by atoms with Crippen molar-refractivity contribution in [2.24, 2.45) is 0 Å². The summed E-state index contributed by atoms with van der Waals surface area (Å²) in [5, 5.41) is 10.6. The molecular formula is C36H37N7O2. The van der Waals surface area contributed by atoms with Gasteiger partial charge in [0, 0.05) is 35.8 Å². The first-order chi connectivity index (χ1) is 21.7. The van der Waals surface area contributed by atoms with Gasteiger partial charge in [-0.3, -0.25) is 4.68 Å². The van der Waals surface area contributed by atoms with Crippen LogP contribution < -0.4 is 5.73 Å². The summed E-state index contributed by atoms with van der Waals surface area (Å²) in [6, 6.07) is 27.4. The van der Waals surface area contributed by atoms with Crippen molar-refractivity contribution >= 4 is 28.3 Å². The van der Waals surface area contributed by atoms with Crippen LogP contribution in [0.2, 0.25) is 0 Å². The molecule has 0 saturated carbocycles. The van der Waals surface area contributed by atoms with E-state index in [0.717, 1.165) is 51.6 Å². The van der Waals surface area contributed by atoms with Crippen molar-refractivity contribution in [2.75, 3.05) is 18.8 Å². The van der Waals surface area contributed by atoms with Crippen LogP contribution >= 0.6 is 0 Å². The van der Waals surface area contributed by atoms with Gasteiger partial charge in [0.15, 0.2) is 5.82 Å². The van der Waals surface area contributed by atoms with E-state index in [1.54, 1.807) is 0 Å². The summed E-state index contributed by atoms with van der Waals surface area (Å²) in [6.07, 6.45) is 5.11. The molecule has 4 heterocycles. The lowest BCUT2D eigenvalue weighted by Gasteiger charge is -2.33. The number of ether oxygens (including phenoxy) is 1. The summed E-state index contributed by atoms with van der Waals surface area (Å²) in [7, 11) is 0. The van der Waals surface area contributed by atoms with Crippen LogP contribution in [0.4, 0.5) is 10.6 Å². The van der Waals surface area contributed by atoms with Crippen LogP contribution in [0.1, 0.15) is 50.7 Å². The molecule has 3 aromatic heterocycles. The van der Waals surface area contributed by atoms with Crippen molar-refractivity contribution < 1.29 is 9.53 Å². The SMILES string of the molecule is CC(C)(C)OC(=O)N1CCC(c2cccc(-c3cc(-c4ccc5cn(Cc6ccccc6)nc5c4)c4c(N)ncnn34)c2)CC1. The predicted molar refractivity (Wildman–Crippen MR) is 177 cm³/mol. The number of nitrogens with two attached hydrogens (primary N) is 1. The first-order valence-electron chi connectivity index (χ1n) is 15.4. The molecule has 0 bridgehead atoms. The van der Waals surface area contributed by atoms with E-state index in [1.165, 1.54) is 17.5 Å². The number of hydrogen-bond acceptors (Lipinski definition) is 6. The van der Waals surface area contributed by atoms with Crippen LogP contribution in [-0.2, 0) is 11.3 Å². The summed E-state index contributed by atoms with van der Waals surface area (Å²) in [5.41, 5.74) is 14.1. The number of likely N-dealkylation sites (tertiary alicyclic amines) is 1. The van der Waals surface area contributed by atoms with Gasteiger partial charge in [-0.25, -0.2) is 14.3 Å². The lowest BCUT2D eigenvalue weighted by Crippen LogP contribution is -2.41. The van der Waals surface area contributed by atoms with E-state index in [9.17, 15) is 4.79 Å². The van der Waals surface area contributed by atoms with Crippen LogP contribution in [0, 0.1) is 0 Å². The molecule has 45 heavy (non-hydrogen) atoms. The Labute approximate surface area is 262 Å². The Morgan fingerprint density at radius 2 is 1.76 bits per heavy atom. The molecule has 0 unspecified atom stereocenters. The van der Waals surface area contributed by atoms with Crippen molar-refractivity contribution in [3.05, 3.63) is 103 Å². The summed E-state index contributed by atoms with van der Waals surface area (Å²) < 4.78 is 9.46. The Morgan fingerprint density at radius 3 is 2.53 bits per heavy atom. The maximum atomic E-state index is 12.6. The molecule has 9 nitrogen and oxygen atoms in total. The normalized spacial score (nSPS) is 14.3. The molecule has 7 rings (SSSR count).